The Labute approximate surface area is 106 Å². The summed E-state index contributed by atoms with van der Waals surface area (Å²) in [5.74, 6) is -0.455. The zero-order valence-electron chi connectivity index (χ0n) is 10.4. The highest BCUT2D eigenvalue weighted by Gasteiger charge is 2.25. The van der Waals surface area contributed by atoms with Crippen LogP contribution in [0.15, 0.2) is 12.3 Å². The van der Waals surface area contributed by atoms with Crippen LogP contribution in [0.4, 0.5) is 5.69 Å². The minimum atomic E-state index is -1.06. The first kappa shape index (κ1) is 12.7. The Balaban J connectivity index is 2.20. The summed E-state index contributed by atoms with van der Waals surface area (Å²) in [5.41, 5.74) is 5.91. The van der Waals surface area contributed by atoms with E-state index in [0.29, 0.717) is 11.6 Å². The molecule has 5 heteroatoms. The van der Waals surface area contributed by atoms with Crippen LogP contribution in [0.1, 0.15) is 43.0 Å². The number of hydrogen-bond donors (Lipinski definition) is 2. The number of nitrogens with zero attached hydrogens (tertiary/aromatic N) is 1. The second-order valence-electron chi connectivity index (χ2n) is 4.84. The number of aromatic carboxylic acids is 1. The molecule has 1 heterocycles. The van der Waals surface area contributed by atoms with Gasteiger partial charge in [0.05, 0.1) is 11.9 Å². The number of nitrogen functional groups attached to an aromatic ring is 1. The van der Waals surface area contributed by atoms with E-state index in [0.717, 1.165) is 19.3 Å². The summed E-state index contributed by atoms with van der Waals surface area (Å²) in [6, 6.07) is 1.39. The lowest BCUT2D eigenvalue weighted by Crippen LogP contribution is -2.29. The van der Waals surface area contributed by atoms with E-state index in [1.165, 1.54) is 18.7 Å². The van der Waals surface area contributed by atoms with Crippen molar-refractivity contribution >= 4 is 11.7 Å². The smallest absolute Gasteiger partial charge is 0.341 e. The van der Waals surface area contributed by atoms with Gasteiger partial charge in [-0.3, -0.25) is 0 Å². The van der Waals surface area contributed by atoms with E-state index in [2.05, 4.69) is 11.9 Å². The minimum absolute atomic E-state index is 0.0350. The number of anilines is 1. The fourth-order valence-corrected chi connectivity index (χ4v) is 2.32. The summed E-state index contributed by atoms with van der Waals surface area (Å²) < 4.78 is 5.77. The number of aromatic nitrogens is 1. The molecule has 1 aromatic rings. The molecule has 0 bridgehead atoms. The maximum atomic E-state index is 11.1. The van der Waals surface area contributed by atoms with Gasteiger partial charge in [-0.2, -0.15) is 0 Å². The molecule has 0 saturated heterocycles. The Kier molecular flexibility index (Phi) is 3.69. The summed E-state index contributed by atoms with van der Waals surface area (Å²) >= 11 is 0. The number of pyridine rings is 1. The van der Waals surface area contributed by atoms with Crippen LogP contribution in [0.2, 0.25) is 0 Å². The first-order valence-corrected chi connectivity index (χ1v) is 6.23. The molecule has 2 rings (SSSR count). The van der Waals surface area contributed by atoms with Gasteiger partial charge < -0.3 is 15.6 Å². The highest BCUT2D eigenvalue weighted by atomic mass is 16.5. The largest absolute Gasteiger partial charge is 0.477 e. The van der Waals surface area contributed by atoms with Crippen molar-refractivity contribution in [3.63, 3.8) is 0 Å². The normalized spacial score (nSPS) is 23.6. The molecule has 2 unspecified atom stereocenters. The number of carboxylic acids is 1. The van der Waals surface area contributed by atoms with Crippen molar-refractivity contribution in [2.24, 2.45) is 5.92 Å². The molecule has 2 atom stereocenters. The standard InChI is InChI=1S/C13H18N2O3/c1-8-4-2-3-5-11(8)18-12-10(13(16)17)6-9(14)7-15-12/h6-8,11H,2-5,14H2,1H3,(H,16,17). The van der Waals surface area contributed by atoms with Crippen molar-refractivity contribution in [2.45, 2.75) is 38.7 Å². The van der Waals surface area contributed by atoms with E-state index in [4.69, 9.17) is 15.6 Å². The molecular formula is C13H18N2O3. The third-order valence-corrected chi connectivity index (χ3v) is 3.40. The highest BCUT2D eigenvalue weighted by Crippen LogP contribution is 2.29. The van der Waals surface area contributed by atoms with Crippen molar-refractivity contribution in [2.75, 3.05) is 5.73 Å². The summed E-state index contributed by atoms with van der Waals surface area (Å²) in [7, 11) is 0. The number of carboxylic acid groups (broad SMARTS) is 1. The fraction of sp³-hybridized carbons (Fsp3) is 0.538. The van der Waals surface area contributed by atoms with E-state index in [1.54, 1.807) is 0 Å². The molecular weight excluding hydrogens is 232 g/mol. The second kappa shape index (κ2) is 5.25. The van der Waals surface area contributed by atoms with Gasteiger partial charge in [0.25, 0.3) is 0 Å². The van der Waals surface area contributed by atoms with E-state index in [-0.39, 0.29) is 17.5 Å². The summed E-state index contributed by atoms with van der Waals surface area (Å²) in [6.45, 7) is 2.13. The fourth-order valence-electron chi connectivity index (χ4n) is 2.32. The molecule has 1 fully saturated rings. The molecule has 3 N–H and O–H groups in total. The van der Waals surface area contributed by atoms with Crippen molar-refractivity contribution in [1.82, 2.24) is 4.98 Å². The number of rotatable bonds is 3. The first-order valence-electron chi connectivity index (χ1n) is 6.23. The highest BCUT2D eigenvalue weighted by molar-refractivity contribution is 5.91. The summed E-state index contributed by atoms with van der Waals surface area (Å²) in [6.07, 6.45) is 5.87. The van der Waals surface area contributed by atoms with Crippen molar-refractivity contribution < 1.29 is 14.6 Å². The van der Waals surface area contributed by atoms with Crippen LogP contribution in [0.3, 0.4) is 0 Å². The number of nitrogens with two attached hydrogens (primary N) is 1. The second-order valence-corrected chi connectivity index (χ2v) is 4.84. The maximum absolute atomic E-state index is 11.1. The van der Waals surface area contributed by atoms with Gasteiger partial charge in [-0.1, -0.05) is 13.3 Å². The maximum Gasteiger partial charge on any atom is 0.341 e. The molecule has 0 aromatic carbocycles. The minimum Gasteiger partial charge on any atom is -0.477 e. The van der Waals surface area contributed by atoms with Gasteiger partial charge in [0.1, 0.15) is 11.7 Å². The SMILES string of the molecule is CC1CCCCC1Oc1ncc(N)cc1C(=O)O. The van der Waals surface area contributed by atoms with Crippen molar-refractivity contribution in [1.29, 1.82) is 0 Å². The average Bonchev–Trinajstić information content (AvgIpc) is 2.34. The zero-order valence-corrected chi connectivity index (χ0v) is 10.4. The van der Waals surface area contributed by atoms with Gasteiger partial charge in [-0.05, 0) is 31.2 Å². The topological polar surface area (TPSA) is 85.4 Å². The Bertz CT molecular complexity index is 448. The van der Waals surface area contributed by atoms with Crippen LogP contribution in [-0.2, 0) is 0 Å². The van der Waals surface area contributed by atoms with Gasteiger partial charge in [0.2, 0.25) is 5.88 Å². The molecule has 1 aromatic heterocycles. The third-order valence-electron chi connectivity index (χ3n) is 3.40. The lowest BCUT2D eigenvalue weighted by atomic mass is 9.88. The van der Waals surface area contributed by atoms with Gasteiger partial charge in [-0.25, -0.2) is 9.78 Å². The number of hydrogen-bond acceptors (Lipinski definition) is 4. The molecule has 1 aliphatic carbocycles. The van der Waals surface area contributed by atoms with Crippen molar-refractivity contribution in [3.8, 4) is 5.88 Å². The molecule has 0 amide bonds. The van der Waals surface area contributed by atoms with Crippen LogP contribution in [0, 0.1) is 5.92 Å². The third kappa shape index (κ3) is 2.72. The predicted octanol–water partition coefficient (Wildman–Crippen LogP) is 2.32. The lowest BCUT2D eigenvalue weighted by Gasteiger charge is -2.29. The quantitative estimate of drug-likeness (QED) is 0.859. The Morgan fingerprint density at radius 2 is 2.22 bits per heavy atom. The van der Waals surface area contributed by atoms with E-state index >= 15 is 0 Å². The average molecular weight is 250 g/mol. The molecule has 0 aliphatic heterocycles. The Hall–Kier alpha value is -1.78. The van der Waals surface area contributed by atoms with Crippen LogP contribution in [0.25, 0.3) is 0 Å². The Morgan fingerprint density at radius 1 is 1.50 bits per heavy atom. The zero-order chi connectivity index (χ0) is 13.1. The van der Waals surface area contributed by atoms with Gasteiger partial charge in [0.15, 0.2) is 0 Å². The molecule has 18 heavy (non-hydrogen) atoms. The van der Waals surface area contributed by atoms with E-state index in [9.17, 15) is 4.79 Å². The number of carbonyl (C=O) groups is 1. The van der Waals surface area contributed by atoms with E-state index in [1.807, 2.05) is 0 Å². The monoisotopic (exact) mass is 250 g/mol. The van der Waals surface area contributed by atoms with Crippen LogP contribution in [-0.4, -0.2) is 22.2 Å². The molecule has 0 radical (unpaired) electrons. The van der Waals surface area contributed by atoms with E-state index < -0.39 is 5.97 Å². The lowest BCUT2D eigenvalue weighted by molar-refractivity contribution is 0.0667. The van der Waals surface area contributed by atoms with Crippen molar-refractivity contribution in [3.05, 3.63) is 17.8 Å². The van der Waals surface area contributed by atoms with Crippen LogP contribution < -0.4 is 10.5 Å². The Morgan fingerprint density at radius 3 is 2.89 bits per heavy atom. The van der Waals surface area contributed by atoms with Gasteiger partial charge >= 0.3 is 5.97 Å². The van der Waals surface area contributed by atoms with Gasteiger partial charge in [0, 0.05) is 0 Å². The predicted molar refractivity (Wildman–Crippen MR) is 67.7 cm³/mol. The molecule has 98 valence electrons. The van der Waals surface area contributed by atoms with Crippen LogP contribution in [0.5, 0.6) is 5.88 Å². The molecule has 1 aliphatic rings. The molecule has 1 saturated carbocycles. The summed E-state index contributed by atoms with van der Waals surface area (Å²) in [5, 5.41) is 9.11. The summed E-state index contributed by atoms with van der Waals surface area (Å²) in [4.78, 5) is 15.1. The number of ether oxygens (including phenoxy) is 1. The van der Waals surface area contributed by atoms with Gasteiger partial charge in [-0.15, -0.1) is 0 Å². The first-order chi connectivity index (χ1) is 8.58. The molecule has 0 spiro atoms. The molecule has 5 nitrogen and oxygen atoms in total. The van der Waals surface area contributed by atoms with Crippen LogP contribution >= 0.6 is 0 Å².